The van der Waals surface area contributed by atoms with Crippen molar-refractivity contribution in [2.75, 3.05) is 13.1 Å². The highest BCUT2D eigenvalue weighted by atomic mass is 16.2. The molecule has 0 spiro atoms. The van der Waals surface area contributed by atoms with E-state index < -0.39 is 18.0 Å². The maximum absolute atomic E-state index is 12.3. The summed E-state index contributed by atoms with van der Waals surface area (Å²) in [5.74, 6) is 1.94. The molecule has 1 aromatic heterocycles. The number of urea groups is 1. The van der Waals surface area contributed by atoms with E-state index in [1.165, 1.54) is 0 Å². The lowest BCUT2D eigenvalue weighted by molar-refractivity contribution is -0.134. The van der Waals surface area contributed by atoms with Crippen molar-refractivity contribution >= 4 is 17.8 Å². The van der Waals surface area contributed by atoms with E-state index in [4.69, 9.17) is 0 Å². The molecule has 1 aromatic rings. The van der Waals surface area contributed by atoms with Crippen LogP contribution in [0.5, 0.6) is 0 Å². The first-order chi connectivity index (χ1) is 11.6. The number of imide groups is 1. The number of carbonyl (C=O) groups is 3. The predicted molar refractivity (Wildman–Crippen MR) is 82.0 cm³/mol. The summed E-state index contributed by atoms with van der Waals surface area (Å²) in [4.78, 5) is 36.8. The zero-order valence-corrected chi connectivity index (χ0v) is 13.3. The molecule has 2 N–H and O–H groups in total. The van der Waals surface area contributed by atoms with Gasteiger partial charge >= 0.3 is 6.03 Å². The van der Waals surface area contributed by atoms with Crippen molar-refractivity contribution in [3.63, 3.8) is 0 Å². The van der Waals surface area contributed by atoms with E-state index in [0.29, 0.717) is 19.0 Å². The summed E-state index contributed by atoms with van der Waals surface area (Å²) in [7, 11) is 0. The van der Waals surface area contributed by atoms with Gasteiger partial charge in [0, 0.05) is 32.0 Å². The summed E-state index contributed by atoms with van der Waals surface area (Å²) in [6, 6.07) is -1.28. The number of nitrogens with one attached hydrogen (secondary N) is 2. The SMILES string of the molecule is O=C1NC(=O)C(CC(=O)N2CCC(c3nnc4n3CCC4)CC2)N1. The van der Waals surface area contributed by atoms with E-state index >= 15 is 0 Å². The van der Waals surface area contributed by atoms with Crippen molar-refractivity contribution in [2.45, 2.75) is 50.6 Å². The standard InChI is InChI=1S/C15H20N6O3/c22-12(8-10-14(23)17-15(24)16-10)20-6-3-9(4-7-20)13-19-18-11-2-1-5-21(11)13/h9-10H,1-8H2,(H2,16,17,23,24). The Bertz CT molecular complexity index is 691. The molecule has 24 heavy (non-hydrogen) atoms. The molecule has 4 rings (SSSR count). The van der Waals surface area contributed by atoms with Crippen molar-refractivity contribution in [3.8, 4) is 0 Å². The van der Waals surface area contributed by atoms with E-state index in [0.717, 1.165) is 43.9 Å². The number of rotatable bonds is 3. The number of piperidine rings is 1. The van der Waals surface area contributed by atoms with Gasteiger partial charge in [0.1, 0.15) is 17.7 Å². The van der Waals surface area contributed by atoms with Crippen LogP contribution < -0.4 is 10.6 Å². The van der Waals surface area contributed by atoms with E-state index in [2.05, 4.69) is 25.4 Å². The number of hydrogen-bond donors (Lipinski definition) is 2. The Hall–Kier alpha value is -2.45. The Kier molecular flexibility index (Phi) is 3.70. The van der Waals surface area contributed by atoms with E-state index in [1.807, 2.05) is 0 Å². The van der Waals surface area contributed by atoms with Crippen LogP contribution in [0.4, 0.5) is 4.79 Å². The number of hydrogen-bond acceptors (Lipinski definition) is 5. The molecule has 2 saturated heterocycles. The second-order valence-electron chi connectivity index (χ2n) is 6.60. The molecular weight excluding hydrogens is 312 g/mol. The number of likely N-dealkylation sites (tertiary alicyclic amines) is 1. The van der Waals surface area contributed by atoms with Crippen LogP contribution in [0.25, 0.3) is 0 Å². The lowest BCUT2D eigenvalue weighted by Gasteiger charge is -2.32. The minimum Gasteiger partial charge on any atom is -0.343 e. The summed E-state index contributed by atoms with van der Waals surface area (Å²) in [6.45, 7) is 2.29. The highest BCUT2D eigenvalue weighted by Gasteiger charge is 2.34. The molecule has 3 aliphatic rings. The van der Waals surface area contributed by atoms with Gasteiger partial charge in [-0.3, -0.25) is 14.9 Å². The molecule has 0 aliphatic carbocycles. The van der Waals surface area contributed by atoms with Gasteiger partial charge < -0.3 is 14.8 Å². The molecule has 3 aliphatic heterocycles. The van der Waals surface area contributed by atoms with Crippen molar-refractivity contribution in [1.82, 2.24) is 30.3 Å². The van der Waals surface area contributed by atoms with Crippen LogP contribution in [0.3, 0.4) is 0 Å². The summed E-state index contributed by atoms with van der Waals surface area (Å²) in [5, 5.41) is 13.2. The Morgan fingerprint density at radius 2 is 1.96 bits per heavy atom. The minimum atomic E-state index is -0.748. The molecule has 0 saturated carbocycles. The summed E-state index contributed by atoms with van der Waals surface area (Å²) >= 11 is 0. The summed E-state index contributed by atoms with van der Waals surface area (Å²) < 4.78 is 2.22. The molecule has 4 amide bonds. The zero-order chi connectivity index (χ0) is 16.7. The van der Waals surface area contributed by atoms with Gasteiger partial charge in [0.25, 0.3) is 5.91 Å². The summed E-state index contributed by atoms with van der Waals surface area (Å²) in [5.41, 5.74) is 0. The molecule has 0 radical (unpaired) electrons. The van der Waals surface area contributed by atoms with E-state index in [9.17, 15) is 14.4 Å². The van der Waals surface area contributed by atoms with Crippen LogP contribution in [0.2, 0.25) is 0 Å². The van der Waals surface area contributed by atoms with Gasteiger partial charge in [-0.1, -0.05) is 0 Å². The Morgan fingerprint density at radius 1 is 1.17 bits per heavy atom. The van der Waals surface area contributed by atoms with Crippen molar-refractivity contribution in [2.24, 2.45) is 0 Å². The van der Waals surface area contributed by atoms with Gasteiger partial charge in [-0.25, -0.2) is 4.79 Å². The average Bonchev–Trinajstić information content (AvgIpc) is 3.24. The molecular formula is C15H20N6O3. The molecule has 0 bridgehead atoms. The maximum atomic E-state index is 12.3. The third-order valence-electron chi connectivity index (χ3n) is 5.09. The molecule has 1 atom stereocenters. The minimum absolute atomic E-state index is 0.0164. The first-order valence-corrected chi connectivity index (χ1v) is 8.43. The smallest absolute Gasteiger partial charge is 0.322 e. The van der Waals surface area contributed by atoms with Crippen LogP contribution in [-0.2, 0) is 22.6 Å². The van der Waals surface area contributed by atoms with Crippen LogP contribution in [-0.4, -0.2) is 56.6 Å². The third kappa shape index (κ3) is 2.63. The quantitative estimate of drug-likeness (QED) is 0.727. The molecule has 128 valence electrons. The number of aryl methyl sites for hydroxylation is 1. The van der Waals surface area contributed by atoms with Gasteiger partial charge in [-0.15, -0.1) is 10.2 Å². The highest BCUT2D eigenvalue weighted by molar-refractivity contribution is 6.05. The van der Waals surface area contributed by atoms with E-state index in [-0.39, 0.29) is 12.3 Å². The average molecular weight is 332 g/mol. The number of amides is 4. The van der Waals surface area contributed by atoms with Gasteiger partial charge in [0.15, 0.2) is 0 Å². The predicted octanol–water partition coefficient (Wildman–Crippen LogP) is -0.472. The number of aromatic nitrogens is 3. The van der Waals surface area contributed by atoms with Crippen molar-refractivity contribution in [3.05, 3.63) is 11.6 Å². The topological polar surface area (TPSA) is 109 Å². The normalized spacial score (nSPS) is 24.0. The number of nitrogens with zero attached hydrogens (tertiary/aromatic N) is 4. The lowest BCUT2D eigenvalue weighted by Crippen LogP contribution is -2.42. The Morgan fingerprint density at radius 3 is 2.67 bits per heavy atom. The van der Waals surface area contributed by atoms with Crippen LogP contribution in [0.1, 0.15) is 43.3 Å². The first kappa shape index (κ1) is 15.1. The summed E-state index contributed by atoms with van der Waals surface area (Å²) in [6.07, 6.45) is 3.85. The fourth-order valence-electron chi connectivity index (χ4n) is 3.77. The fourth-order valence-corrected chi connectivity index (χ4v) is 3.77. The second-order valence-corrected chi connectivity index (χ2v) is 6.60. The lowest BCUT2D eigenvalue weighted by atomic mass is 9.95. The molecule has 9 nitrogen and oxygen atoms in total. The highest BCUT2D eigenvalue weighted by Crippen LogP contribution is 2.29. The molecule has 4 heterocycles. The number of fused-ring (bicyclic) bond motifs is 1. The second kappa shape index (κ2) is 5.88. The largest absolute Gasteiger partial charge is 0.343 e. The van der Waals surface area contributed by atoms with Crippen molar-refractivity contribution < 1.29 is 14.4 Å². The zero-order valence-electron chi connectivity index (χ0n) is 13.3. The fraction of sp³-hybridized carbons (Fsp3) is 0.667. The van der Waals surface area contributed by atoms with Gasteiger partial charge in [-0.2, -0.15) is 0 Å². The van der Waals surface area contributed by atoms with E-state index in [1.54, 1.807) is 4.90 Å². The molecule has 1 unspecified atom stereocenters. The molecule has 9 heteroatoms. The molecule has 2 fully saturated rings. The Balaban J connectivity index is 1.33. The Labute approximate surface area is 138 Å². The monoisotopic (exact) mass is 332 g/mol. The van der Waals surface area contributed by atoms with Gasteiger partial charge in [0.2, 0.25) is 5.91 Å². The molecule has 0 aromatic carbocycles. The third-order valence-corrected chi connectivity index (χ3v) is 5.09. The van der Waals surface area contributed by atoms with Crippen LogP contribution >= 0.6 is 0 Å². The van der Waals surface area contributed by atoms with Gasteiger partial charge in [-0.05, 0) is 19.3 Å². The van der Waals surface area contributed by atoms with Crippen LogP contribution in [0.15, 0.2) is 0 Å². The first-order valence-electron chi connectivity index (χ1n) is 8.43. The number of carbonyl (C=O) groups excluding carboxylic acids is 3. The van der Waals surface area contributed by atoms with Gasteiger partial charge in [0.05, 0.1) is 6.42 Å². The van der Waals surface area contributed by atoms with Crippen LogP contribution in [0, 0.1) is 0 Å². The van der Waals surface area contributed by atoms with Crippen molar-refractivity contribution in [1.29, 1.82) is 0 Å². The maximum Gasteiger partial charge on any atom is 0.322 e.